The summed E-state index contributed by atoms with van der Waals surface area (Å²) in [4.78, 5) is 12.1. The zero-order valence-electron chi connectivity index (χ0n) is 14.7. The Morgan fingerprint density at radius 3 is 2.68 bits per heavy atom. The monoisotopic (exact) mass is 343 g/mol. The molecule has 0 radical (unpaired) electrons. The van der Waals surface area contributed by atoms with Crippen LogP contribution < -0.4 is 14.8 Å². The van der Waals surface area contributed by atoms with Crippen molar-refractivity contribution in [2.24, 2.45) is 0 Å². The molecule has 5 heteroatoms. The molecule has 0 unspecified atom stereocenters. The van der Waals surface area contributed by atoms with Gasteiger partial charge in [-0.25, -0.2) is 0 Å². The van der Waals surface area contributed by atoms with Crippen molar-refractivity contribution in [1.29, 1.82) is 0 Å². The molecule has 0 aliphatic heterocycles. The lowest BCUT2D eigenvalue weighted by atomic mass is 10.1. The van der Waals surface area contributed by atoms with Crippen LogP contribution in [0.25, 0.3) is 0 Å². The largest absolute Gasteiger partial charge is 0.508 e. The van der Waals surface area contributed by atoms with Gasteiger partial charge in [-0.1, -0.05) is 37.6 Å². The van der Waals surface area contributed by atoms with Crippen molar-refractivity contribution < 1.29 is 19.4 Å². The summed E-state index contributed by atoms with van der Waals surface area (Å²) in [7, 11) is 1.60. The lowest BCUT2D eigenvalue weighted by Crippen LogP contribution is -2.24. The molecule has 0 bridgehead atoms. The predicted molar refractivity (Wildman–Crippen MR) is 97.1 cm³/mol. The van der Waals surface area contributed by atoms with E-state index in [-0.39, 0.29) is 18.1 Å². The fraction of sp³-hybridized carbons (Fsp3) is 0.350. The maximum Gasteiger partial charge on any atom is 0.224 e. The normalized spacial score (nSPS) is 10.3. The first-order chi connectivity index (χ1) is 12.1. The van der Waals surface area contributed by atoms with E-state index >= 15 is 0 Å². The molecule has 0 saturated heterocycles. The zero-order valence-corrected chi connectivity index (χ0v) is 14.7. The Kier molecular flexibility index (Phi) is 7.14. The smallest absolute Gasteiger partial charge is 0.224 e. The van der Waals surface area contributed by atoms with Crippen LogP contribution >= 0.6 is 0 Å². The third-order valence-corrected chi connectivity index (χ3v) is 3.82. The van der Waals surface area contributed by atoms with E-state index < -0.39 is 0 Å². The van der Waals surface area contributed by atoms with Gasteiger partial charge in [0.2, 0.25) is 5.91 Å². The molecule has 5 nitrogen and oxygen atoms in total. The van der Waals surface area contributed by atoms with Crippen molar-refractivity contribution in [2.45, 2.75) is 32.7 Å². The molecule has 0 aliphatic rings. The summed E-state index contributed by atoms with van der Waals surface area (Å²) in [5.74, 6) is 1.35. The minimum atomic E-state index is -0.149. The minimum Gasteiger partial charge on any atom is -0.508 e. The van der Waals surface area contributed by atoms with E-state index in [1.165, 1.54) is 0 Å². The lowest BCUT2D eigenvalue weighted by Gasteiger charge is -2.12. The van der Waals surface area contributed by atoms with E-state index in [4.69, 9.17) is 9.47 Å². The number of para-hydroxylation sites is 1. The van der Waals surface area contributed by atoms with Gasteiger partial charge in [0.25, 0.3) is 0 Å². The Balaban J connectivity index is 1.91. The molecule has 0 heterocycles. The number of methoxy groups -OCH3 is 1. The van der Waals surface area contributed by atoms with E-state index in [0.29, 0.717) is 30.2 Å². The van der Waals surface area contributed by atoms with Crippen LogP contribution in [0.1, 0.15) is 30.9 Å². The topological polar surface area (TPSA) is 67.8 Å². The van der Waals surface area contributed by atoms with Crippen LogP contribution in [0.4, 0.5) is 0 Å². The van der Waals surface area contributed by atoms with Gasteiger partial charge in [0.1, 0.15) is 5.75 Å². The van der Waals surface area contributed by atoms with Gasteiger partial charge < -0.3 is 19.9 Å². The molecule has 0 aromatic heterocycles. The van der Waals surface area contributed by atoms with Crippen molar-refractivity contribution in [3.8, 4) is 17.2 Å². The first kappa shape index (κ1) is 18.6. The number of ether oxygens (including phenoxy) is 2. The summed E-state index contributed by atoms with van der Waals surface area (Å²) in [6.45, 7) is 3.16. The van der Waals surface area contributed by atoms with Crippen LogP contribution in [0.5, 0.6) is 17.2 Å². The molecule has 0 fully saturated rings. The quantitative estimate of drug-likeness (QED) is 0.685. The highest BCUT2D eigenvalue weighted by atomic mass is 16.5. The van der Waals surface area contributed by atoms with Crippen LogP contribution in [-0.4, -0.2) is 24.7 Å². The molecular weight excluding hydrogens is 318 g/mol. The van der Waals surface area contributed by atoms with Gasteiger partial charge in [-0.05, 0) is 30.2 Å². The highest BCUT2D eigenvalue weighted by molar-refractivity contribution is 5.79. The van der Waals surface area contributed by atoms with Gasteiger partial charge in [0.15, 0.2) is 11.5 Å². The standard InChI is InChI=1S/C20H25NO4/c1-3-4-11-25-18-10-9-15(12-19(18)24-2)14-21-20(23)13-16-7-5-6-8-17(16)22/h5-10,12,22H,3-4,11,13-14H2,1-2H3,(H,21,23). The maximum atomic E-state index is 12.1. The second kappa shape index (κ2) is 9.57. The molecule has 2 N–H and O–H groups in total. The Labute approximate surface area is 148 Å². The van der Waals surface area contributed by atoms with Crippen LogP contribution in [0.2, 0.25) is 0 Å². The first-order valence-electron chi connectivity index (χ1n) is 8.47. The molecule has 0 saturated carbocycles. The fourth-order valence-corrected chi connectivity index (χ4v) is 2.36. The average Bonchev–Trinajstić information content (AvgIpc) is 2.62. The number of aromatic hydroxyl groups is 1. The van der Waals surface area contributed by atoms with E-state index in [1.807, 2.05) is 18.2 Å². The Bertz CT molecular complexity index is 700. The highest BCUT2D eigenvalue weighted by Gasteiger charge is 2.09. The number of unbranched alkanes of at least 4 members (excludes halogenated alkanes) is 1. The highest BCUT2D eigenvalue weighted by Crippen LogP contribution is 2.28. The number of hydrogen-bond acceptors (Lipinski definition) is 4. The van der Waals surface area contributed by atoms with Gasteiger partial charge in [0.05, 0.1) is 20.1 Å². The van der Waals surface area contributed by atoms with Crippen molar-refractivity contribution in [3.05, 3.63) is 53.6 Å². The van der Waals surface area contributed by atoms with Crippen molar-refractivity contribution in [1.82, 2.24) is 5.32 Å². The second-order valence-corrected chi connectivity index (χ2v) is 5.77. The molecule has 2 aromatic carbocycles. The number of amides is 1. The van der Waals surface area contributed by atoms with Crippen LogP contribution in [0.15, 0.2) is 42.5 Å². The third kappa shape index (κ3) is 5.71. The van der Waals surface area contributed by atoms with Crippen LogP contribution in [0, 0.1) is 0 Å². The lowest BCUT2D eigenvalue weighted by molar-refractivity contribution is -0.120. The Morgan fingerprint density at radius 1 is 1.16 bits per heavy atom. The predicted octanol–water partition coefficient (Wildman–Crippen LogP) is 3.44. The molecule has 0 atom stereocenters. The summed E-state index contributed by atoms with van der Waals surface area (Å²) in [5, 5.41) is 12.6. The number of rotatable bonds is 9. The minimum absolute atomic E-state index is 0.132. The molecule has 0 aliphatic carbocycles. The molecule has 134 valence electrons. The number of carbonyl (C=O) groups is 1. The number of benzene rings is 2. The summed E-state index contributed by atoms with van der Waals surface area (Å²) >= 11 is 0. The van der Waals surface area contributed by atoms with Crippen LogP contribution in [-0.2, 0) is 17.8 Å². The van der Waals surface area contributed by atoms with E-state index in [2.05, 4.69) is 12.2 Å². The molecule has 0 spiro atoms. The van der Waals surface area contributed by atoms with Crippen molar-refractivity contribution in [3.63, 3.8) is 0 Å². The van der Waals surface area contributed by atoms with Crippen molar-refractivity contribution >= 4 is 5.91 Å². The fourth-order valence-electron chi connectivity index (χ4n) is 2.36. The molecule has 1 amide bonds. The molecular formula is C20H25NO4. The van der Waals surface area contributed by atoms with Gasteiger partial charge >= 0.3 is 0 Å². The van der Waals surface area contributed by atoms with Gasteiger partial charge in [0, 0.05) is 12.1 Å². The van der Waals surface area contributed by atoms with Crippen LogP contribution in [0.3, 0.4) is 0 Å². The van der Waals surface area contributed by atoms with Gasteiger partial charge in [-0.2, -0.15) is 0 Å². The summed E-state index contributed by atoms with van der Waals surface area (Å²) in [5.41, 5.74) is 1.53. The van der Waals surface area contributed by atoms with Crippen molar-refractivity contribution in [2.75, 3.05) is 13.7 Å². The maximum absolute atomic E-state index is 12.1. The van der Waals surface area contributed by atoms with Gasteiger partial charge in [-0.3, -0.25) is 4.79 Å². The SMILES string of the molecule is CCCCOc1ccc(CNC(=O)Cc2ccccc2O)cc1OC. The number of phenolic OH excluding ortho intramolecular Hbond substituents is 1. The summed E-state index contributed by atoms with van der Waals surface area (Å²) in [6.07, 6.45) is 2.21. The number of hydrogen-bond donors (Lipinski definition) is 2. The first-order valence-corrected chi connectivity index (χ1v) is 8.47. The van der Waals surface area contributed by atoms with Gasteiger partial charge in [-0.15, -0.1) is 0 Å². The van der Waals surface area contributed by atoms with E-state index in [0.717, 1.165) is 18.4 Å². The third-order valence-electron chi connectivity index (χ3n) is 3.82. The number of nitrogens with one attached hydrogen (secondary N) is 1. The Morgan fingerprint density at radius 2 is 1.96 bits per heavy atom. The van der Waals surface area contributed by atoms with E-state index in [9.17, 15) is 9.90 Å². The summed E-state index contributed by atoms with van der Waals surface area (Å²) < 4.78 is 11.1. The number of phenols is 1. The summed E-state index contributed by atoms with van der Waals surface area (Å²) in [6, 6.07) is 12.5. The molecule has 25 heavy (non-hydrogen) atoms. The second-order valence-electron chi connectivity index (χ2n) is 5.77. The Hall–Kier alpha value is -2.69. The number of carbonyl (C=O) groups excluding carboxylic acids is 1. The average molecular weight is 343 g/mol. The molecule has 2 aromatic rings. The zero-order chi connectivity index (χ0) is 18.1. The van der Waals surface area contributed by atoms with E-state index in [1.54, 1.807) is 31.4 Å². The molecule has 2 rings (SSSR count).